The monoisotopic (exact) mass is 249 g/mol. The number of aromatic amines is 1. The molecule has 0 saturated carbocycles. The van der Waals surface area contributed by atoms with E-state index in [1.807, 2.05) is 20.8 Å². The van der Waals surface area contributed by atoms with Gasteiger partial charge in [-0.25, -0.2) is 8.78 Å². The third-order valence-electron chi connectivity index (χ3n) is 3.22. The summed E-state index contributed by atoms with van der Waals surface area (Å²) in [5, 5.41) is 0. The molecule has 1 N–H and O–H groups in total. The van der Waals surface area contributed by atoms with Crippen LogP contribution in [0, 0.1) is 32.4 Å². The standard InChI is InChI=1S/C14H13F2NO/c1-7-8(2)13(17-9(7)3)14(18)10-4-5-11(15)12(16)6-10/h4-6,17H,1-3H3. The van der Waals surface area contributed by atoms with E-state index in [-0.39, 0.29) is 11.3 Å². The van der Waals surface area contributed by atoms with Crippen molar-refractivity contribution < 1.29 is 13.6 Å². The first-order valence-electron chi connectivity index (χ1n) is 5.57. The van der Waals surface area contributed by atoms with E-state index >= 15 is 0 Å². The number of carbonyl (C=O) groups is 1. The molecule has 0 amide bonds. The maximum absolute atomic E-state index is 13.1. The predicted octanol–water partition coefficient (Wildman–Crippen LogP) is 3.45. The van der Waals surface area contributed by atoms with E-state index in [1.54, 1.807) is 0 Å². The van der Waals surface area contributed by atoms with Crippen molar-refractivity contribution in [1.82, 2.24) is 4.98 Å². The van der Waals surface area contributed by atoms with Gasteiger partial charge in [0.1, 0.15) is 0 Å². The zero-order valence-corrected chi connectivity index (χ0v) is 10.4. The number of hydrogen-bond donors (Lipinski definition) is 1. The number of hydrogen-bond acceptors (Lipinski definition) is 1. The number of aromatic nitrogens is 1. The van der Waals surface area contributed by atoms with Crippen LogP contribution in [0.1, 0.15) is 32.9 Å². The van der Waals surface area contributed by atoms with Gasteiger partial charge >= 0.3 is 0 Å². The van der Waals surface area contributed by atoms with E-state index in [0.29, 0.717) is 5.69 Å². The average molecular weight is 249 g/mol. The number of aryl methyl sites for hydroxylation is 1. The van der Waals surface area contributed by atoms with Crippen molar-refractivity contribution in [3.63, 3.8) is 0 Å². The Hall–Kier alpha value is -1.97. The van der Waals surface area contributed by atoms with E-state index in [2.05, 4.69) is 4.98 Å². The fourth-order valence-electron chi connectivity index (χ4n) is 1.85. The molecule has 0 fully saturated rings. The summed E-state index contributed by atoms with van der Waals surface area (Å²) >= 11 is 0. The van der Waals surface area contributed by atoms with Gasteiger partial charge in [0.25, 0.3) is 0 Å². The molecule has 2 aromatic rings. The first-order chi connectivity index (χ1) is 8.41. The van der Waals surface area contributed by atoms with Gasteiger partial charge in [0.15, 0.2) is 11.6 Å². The minimum atomic E-state index is -1.02. The molecule has 0 atom stereocenters. The minimum Gasteiger partial charge on any atom is -0.356 e. The molecular formula is C14H13F2NO. The molecule has 1 aromatic heterocycles. The summed E-state index contributed by atoms with van der Waals surface area (Å²) in [6, 6.07) is 3.16. The average Bonchev–Trinajstić information content (AvgIpc) is 2.60. The Morgan fingerprint density at radius 1 is 1.06 bits per heavy atom. The molecule has 18 heavy (non-hydrogen) atoms. The maximum Gasteiger partial charge on any atom is 0.209 e. The molecule has 94 valence electrons. The van der Waals surface area contributed by atoms with Crippen LogP contribution in [0.4, 0.5) is 8.78 Å². The first kappa shape index (κ1) is 12.5. The van der Waals surface area contributed by atoms with Crippen molar-refractivity contribution >= 4 is 5.78 Å². The van der Waals surface area contributed by atoms with Gasteiger partial charge in [0.2, 0.25) is 5.78 Å². The number of carbonyl (C=O) groups excluding carboxylic acids is 1. The van der Waals surface area contributed by atoms with Crippen LogP contribution in [0.2, 0.25) is 0 Å². The van der Waals surface area contributed by atoms with Gasteiger partial charge in [-0.1, -0.05) is 0 Å². The summed E-state index contributed by atoms with van der Waals surface area (Å²) in [4.78, 5) is 15.2. The SMILES string of the molecule is Cc1[nH]c(C(=O)c2ccc(F)c(F)c2)c(C)c1C. The number of rotatable bonds is 2. The van der Waals surface area contributed by atoms with Gasteiger partial charge < -0.3 is 4.98 Å². The molecule has 4 heteroatoms. The normalized spacial score (nSPS) is 10.7. The molecule has 0 unspecified atom stereocenters. The summed E-state index contributed by atoms with van der Waals surface area (Å²) in [5.74, 6) is -2.30. The molecular weight excluding hydrogens is 236 g/mol. The second kappa shape index (κ2) is 4.37. The Kier molecular flexibility index (Phi) is 3.03. The molecule has 1 heterocycles. The van der Waals surface area contributed by atoms with E-state index < -0.39 is 11.6 Å². The second-order valence-electron chi connectivity index (χ2n) is 4.33. The van der Waals surface area contributed by atoms with E-state index in [4.69, 9.17) is 0 Å². The lowest BCUT2D eigenvalue weighted by Gasteiger charge is -2.01. The van der Waals surface area contributed by atoms with Crippen LogP contribution in [0.15, 0.2) is 18.2 Å². The van der Waals surface area contributed by atoms with Crippen molar-refractivity contribution in [1.29, 1.82) is 0 Å². The van der Waals surface area contributed by atoms with E-state index in [9.17, 15) is 13.6 Å². The Bertz CT molecular complexity index is 629. The highest BCUT2D eigenvalue weighted by Gasteiger charge is 2.17. The highest BCUT2D eigenvalue weighted by molar-refractivity contribution is 6.09. The molecule has 0 spiro atoms. The Morgan fingerprint density at radius 2 is 1.72 bits per heavy atom. The molecule has 0 aliphatic rings. The quantitative estimate of drug-likeness (QED) is 0.812. The number of halogens is 2. The Labute approximate surface area is 104 Å². The fraction of sp³-hybridized carbons (Fsp3) is 0.214. The summed E-state index contributed by atoms with van der Waals surface area (Å²) in [5.41, 5.74) is 3.30. The van der Waals surface area contributed by atoms with Gasteiger partial charge in [0.05, 0.1) is 5.69 Å². The first-order valence-corrected chi connectivity index (χ1v) is 5.57. The molecule has 0 radical (unpaired) electrons. The van der Waals surface area contributed by atoms with Crippen LogP contribution in [-0.4, -0.2) is 10.8 Å². The highest BCUT2D eigenvalue weighted by Crippen LogP contribution is 2.20. The lowest BCUT2D eigenvalue weighted by molar-refractivity contribution is 0.103. The molecule has 0 saturated heterocycles. The number of nitrogens with one attached hydrogen (secondary N) is 1. The second-order valence-corrected chi connectivity index (χ2v) is 4.33. The summed E-state index contributed by atoms with van der Waals surface area (Å²) < 4.78 is 25.9. The largest absolute Gasteiger partial charge is 0.356 e. The smallest absolute Gasteiger partial charge is 0.209 e. The Balaban J connectivity index is 2.48. The van der Waals surface area contributed by atoms with Crippen LogP contribution in [0.5, 0.6) is 0 Å². The van der Waals surface area contributed by atoms with Gasteiger partial charge in [0, 0.05) is 11.3 Å². The van der Waals surface area contributed by atoms with Crippen molar-refractivity contribution in [2.45, 2.75) is 20.8 Å². The van der Waals surface area contributed by atoms with Gasteiger partial charge in [-0.05, 0) is 50.1 Å². The van der Waals surface area contributed by atoms with Crippen LogP contribution in [-0.2, 0) is 0 Å². The van der Waals surface area contributed by atoms with Crippen LogP contribution in [0.25, 0.3) is 0 Å². The third kappa shape index (κ3) is 1.94. The van der Waals surface area contributed by atoms with Crippen molar-refractivity contribution in [3.05, 3.63) is 57.9 Å². The van der Waals surface area contributed by atoms with Crippen molar-refractivity contribution in [2.75, 3.05) is 0 Å². The third-order valence-corrected chi connectivity index (χ3v) is 3.22. The highest BCUT2D eigenvalue weighted by atomic mass is 19.2. The van der Waals surface area contributed by atoms with Crippen LogP contribution in [0.3, 0.4) is 0 Å². The van der Waals surface area contributed by atoms with E-state index in [1.165, 1.54) is 6.07 Å². The zero-order valence-electron chi connectivity index (χ0n) is 10.4. The number of H-pyrrole nitrogens is 1. The summed E-state index contributed by atoms with van der Waals surface area (Å²) in [7, 11) is 0. The van der Waals surface area contributed by atoms with Crippen molar-refractivity contribution in [2.24, 2.45) is 0 Å². The Morgan fingerprint density at radius 3 is 2.22 bits per heavy atom. The molecule has 0 bridgehead atoms. The van der Waals surface area contributed by atoms with Gasteiger partial charge in [-0.2, -0.15) is 0 Å². The summed E-state index contributed by atoms with van der Waals surface area (Å²) in [6.07, 6.45) is 0. The molecule has 1 aromatic carbocycles. The minimum absolute atomic E-state index is 0.137. The lowest BCUT2D eigenvalue weighted by Crippen LogP contribution is -2.05. The van der Waals surface area contributed by atoms with Gasteiger partial charge in [-0.3, -0.25) is 4.79 Å². The predicted molar refractivity (Wildman–Crippen MR) is 64.8 cm³/mol. The molecule has 2 nitrogen and oxygen atoms in total. The van der Waals surface area contributed by atoms with Gasteiger partial charge in [-0.15, -0.1) is 0 Å². The zero-order chi connectivity index (χ0) is 13.4. The fourth-order valence-corrected chi connectivity index (χ4v) is 1.85. The van der Waals surface area contributed by atoms with Crippen molar-refractivity contribution in [3.8, 4) is 0 Å². The number of ketones is 1. The maximum atomic E-state index is 13.1. The lowest BCUT2D eigenvalue weighted by atomic mass is 10.0. The van der Waals surface area contributed by atoms with Crippen LogP contribution < -0.4 is 0 Å². The molecule has 2 rings (SSSR count). The van der Waals surface area contributed by atoms with E-state index in [0.717, 1.165) is 29.0 Å². The topological polar surface area (TPSA) is 32.9 Å². The summed E-state index contributed by atoms with van der Waals surface area (Å²) in [6.45, 7) is 5.60. The molecule has 0 aliphatic carbocycles. The van der Waals surface area contributed by atoms with Crippen LogP contribution >= 0.6 is 0 Å². The molecule has 0 aliphatic heterocycles. The number of benzene rings is 1.